The molecule has 2 nitrogen and oxygen atoms in total. The molecule has 0 bridgehead atoms. The minimum atomic E-state index is 0.444. The molecule has 0 spiro atoms. The highest BCUT2D eigenvalue weighted by Gasteiger charge is 2.43. The smallest absolute Gasteiger partial charge is 0.00791 e. The normalized spacial score (nSPS) is 17.4. The van der Waals surface area contributed by atoms with Crippen molar-refractivity contribution < 1.29 is 0 Å². The van der Waals surface area contributed by atoms with Crippen molar-refractivity contribution in [3.05, 3.63) is 35.9 Å². The zero-order valence-electron chi connectivity index (χ0n) is 11.0. The molecule has 2 rings (SSSR count). The van der Waals surface area contributed by atoms with Gasteiger partial charge in [0.25, 0.3) is 0 Å². The van der Waals surface area contributed by atoms with Gasteiger partial charge in [0.2, 0.25) is 0 Å². The highest BCUT2D eigenvalue weighted by molar-refractivity contribution is 5.31. The van der Waals surface area contributed by atoms with E-state index in [4.69, 9.17) is 0 Å². The Morgan fingerprint density at radius 2 is 1.82 bits per heavy atom. The quantitative estimate of drug-likeness (QED) is 0.705. The van der Waals surface area contributed by atoms with Crippen LogP contribution in [0.5, 0.6) is 0 Å². The topological polar surface area (TPSA) is 24.1 Å². The van der Waals surface area contributed by atoms with E-state index in [-0.39, 0.29) is 0 Å². The lowest BCUT2D eigenvalue weighted by Gasteiger charge is -2.17. The maximum absolute atomic E-state index is 3.58. The first-order valence-corrected chi connectivity index (χ1v) is 6.73. The number of benzene rings is 1. The van der Waals surface area contributed by atoms with Gasteiger partial charge in [0.15, 0.2) is 0 Å². The molecule has 1 aliphatic rings. The Balaban J connectivity index is 1.72. The Morgan fingerprint density at radius 3 is 2.41 bits per heavy atom. The van der Waals surface area contributed by atoms with Gasteiger partial charge in [-0.3, -0.25) is 0 Å². The second-order valence-corrected chi connectivity index (χ2v) is 5.43. The van der Waals surface area contributed by atoms with Gasteiger partial charge in [-0.1, -0.05) is 44.2 Å². The van der Waals surface area contributed by atoms with Crippen molar-refractivity contribution in [3.63, 3.8) is 0 Å². The van der Waals surface area contributed by atoms with Gasteiger partial charge < -0.3 is 10.6 Å². The lowest BCUT2D eigenvalue weighted by Crippen LogP contribution is -2.35. The standard InChI is InChI=1S/C15H24N2/c1-13(2)17-11-10-16-12-15(8-9-15)14-6-4-3-5-7-14/h3-7,13,16-17H,8-12H2,1-2H3. The summed E-state index contributed by atoms with van der Waals surface area (Å²) < 4.78 is 0. The van der Waals surface area contributed by atoms with Gasteiger partial charge in [-0.2, -0.15) is 0 Å². The van der Waals surface area contributed by atoms with Crippen molar-refractivity contribution in [1.29, 1.82) is 0 Å². The fraction of sp³-hybridized carbons (Fsp3) is 0.600. The van der Waals surface area contributed by atoms with E-state index in [1.165, 1.54) is 18.4 Å². The van der Waals surface area contributed by atoms with E-state index in [1.807, 2.05) is 0 Å². The maximum Gasteiger partial charge on any atom is 0.00791 e. The molecular weight excluding hydrogens is 208 g/mol. The van der Waals surface area contributed by atoms with Crippen LogP contribution in [0.3, 0.4) is 0 Å². The van der Waals surface area contributed by atoms with Gasteiger partial charge in [0.05, 0.1) is 0 Å². The van der Waals surface area contributed by atoms with E-state index in [1.54, 1.807) is 0 Å². The van der Waals surface area contributed by atoms with Crippen LogP contribution in [0.15, 0.2) is 30.3 Å². The van der Waals surface area contributed by atoms with Crippen LogP contribution in [0.1, 0.15) is 32.3 Å². The predicted molar refractivity (Wildman–Crippen MR) is 73.4 cm³/mol. The van der Waals surface area contributed by atoms with Crippen molar-refractivity contribution in [2.75, 3.05) is 19.6 Å². The van der Waals surface area contributed by atoms with Gasteiger partial charge in [-0.15, -0.1) is 0 Å². The Hall–Kier alpha value is -0.860. The summed E-state index contributed by atoms with van der Waals surface area (Å²) >= 11 is 0. The molecule has 0 amide bonds. The molecule has 0 aliphatic heterocycles. The fourth-order valence-corrected chi connectivity index (χ4v) is 2.29. The van der Waals surface area contributed by atoms with E-state index < -0.39 is 0 Å². The summed E-state index contributed by atoms with van der Waals surface area (Å²) in [6, 6.07) is 11.5. The van der Waals surface area contributed by atoms with Crippen molar-refractivity contribution in [2.24, 2.45) is 0 Å². The van der Waals surface area contributed by atoms with Gasteiger partial charge in [-0.05, 0) is 18.4 Å². The minimum Gasteiger partial charge on any atom is -0.315 e. The van der Waals surface area contributed by atoms with E-state index in [0.29, 0.717) is 11.5 Å². The Kier molecular flexibility index (Phi) is 4.19. The van der Waals surface area contributed by atoms with Crippen LogP contribution in [-0.2, 0) is 5.41 Å². The summed E-state index contributed by atoms with van der Waals surface area (Å²) in [5.74, 6) is 0. The molecule has 0 atom stereocenters. The summed E-state index contributed by atoms with van der Waals surface area (Å²) in [7, 11) is 0. The molecule has 0 radical (unpaired) electrons. The molecule has 0 saturated heterocycles. The third kappa shape index (κ3) is 3.55. The van der Waals surface area contributed by atoms with E-state index >= 15 is 0 Å². The number of nitrogens with one attached hydrogen (secondary N) is 2. The number of hydrogen-bond acceptors (Lipinski definition) is 2. The molecule has 17 heavy (non-hydrogen) atoms. The SMILES string of the molecule is CC(C)NCCNCC1(c2ccccc2)CC1. The zero-order valence-corrected chi connectivity index (χ0v) is 11.0. The van der Waals surface area contributed by atoms with E-state index in [9.17, 15) is 0 Å². The first-order chi connectivity index (χ1) is 8.23. The Bertz CT molecular complexity index is 328. The molecule has 1 fully saturated rings. The van der Waals surface area contributed by atoms with Gasteiger partial charge in [-0.25, -0.2) is 0 Å². The van der Waals surface area contributed by atoms with Crippen LogP contribution >= 0.6 is 0 Å². The molecule has 1 aromatic rings. The van der Waals surface area contributed by atoms with Crippen LogP contribution in [0.25, 0.3) is 0 Å². The third-order valence-corrected chi connectivity index (χ3v) is 3.56. The average Bonchev–Trinajstić information content (AvgIpc) is 3.11. The molecule has 2 N–H and O–H groups in total. The molecule has 1 aliphatic carbocycles. The molecule has 0 aromatic heterocycles. The third-order valence-electron chi connectivity index (χ3n) is 3.56. The minimum absolute atomic E-state index is 0.444. The van der Waals surface area contributed by atoms with Crippen LogP contribution in [0, 0.1) is 0 Å². The molecule has 0 heterocycles. The number of rotatable bonds is 7. The molecule has 1 aromatic carbocycles. The monoisotopic (exact) mass is 232 g/mol. The highest BCUT2D eigenvalue weighted by Crippen LogP contribution is 2.47. The van der Waals surface area contributed by atoms with E-state index in [0.717, 1.165) is 19.6 Å². The van der Waals surface area contributed by atoms with Crippen LogP contribution in [0.4, 0.5) is 0 Å². The Labute approximate surface area is 105 Å². The first kappa shape index (κ1) is 12.6. The van der Waals surface area contributed by atoms with Gasteiger partial charge >= 0.3 is 0 Å². The second kappa shape index (κ2) is 5.65. The van der Waals surface area contributed by atoms with Crippen molar-refractivity contribution >= 4 is 0 Å². The van der Waals surface area contributed by atoms with Gasteiger partial charge in [0.1, 0.15) is 0 Å². The summed E-state index contributed by atoms with van der Waals surface area (Å²) in [6.45, 7) is 7.62. The molecule has 94 valence electrons. The van der Waals surface area contributed by atoms with Crippen LogP contribution < -0.4 is 10.6 Å². The predicted octanol–water partition coefficient (Wildman–Crippen LogP) is 2.31. The molecule has 2 heteroatoms. The van der Waals surface area contributed by atoms with Crippen LogP contribution in [-0.4, -0.2) is 25.7 Å². The summed E-state index contributed by atoms with van der Waals surface area (Å²) in [5, 5.41) is 7.01. The largest absolute Gasteiger partial charge is 0.315 e. The lowest BCUT2D eigenvalue weighted by molar-refractivity contribution is 0.526. The van der Waals surface area contributed by atoms with Crippen molar-refractivity contribution in [3.8, 4) is 0 Å². The Morgan fingerprint density at radius 1 is 1.12 bits per heavy atom. The average molecular weight is 232 g/mol. The molecular formula is C15H24N2. The molecule has 0 unspecified atom stereocenters. The zero-order chi connectivity index (χ0) is 12.1. The maximum atomic E-state index is 3.58. The van der Waals surface area contributed by atoms with Gasteiger partial charge in [0, 0.05) is 31.1 Å². The lowest BCUT2D eigenvalue weighted by atomic mass is 9.96. The second-order valence-electron chi connectivity index (χ2n) is 5.43. The highest BCUT2D eigenvalue weighted by atomic mass is 15.0. The summed E-state index contributed by atoms with van der Waals surface area (Å²) in [6.07, 6.45) is 2.67. The first-order valence-electron chi connectivity index (χ1n) is 6.73. The van der Waals surface area contributed by atoms with E-state index in [2.05, 4.69) is 54.8 Å². The fourth-order valence-electron chi connectivity index (χ4n) is 2.29. The summed E-state index contributed by atoms with van der Waals surface area (Å²) in [4.78, 5) is 0. The van der Waals surface area contributed by atoms with Crippen molar-refractivity contribution in [1.82, 2.24) is 10.6 Å². The summed E-state index contributed by atoms with van der Waals surface area (Å²) in [5.41, 5.74) is 1.95. The molecule has 1 saturated carbocycles. The van der Waals surface area contributed by atoms with Crippen molar-refractivity contribution in [2.45, 2.75) is 38.1 Å². The number of hydrogen-bond donors (Lipinski definition) is 2. The van der Waals surface area contributed by atoms with Crippen LogP contribution in [0.2, 0.25) is 0 Å².